The van der Waals surface area contributed by atoms with Gasteiger partial charge in [-0.2, -0.15) is 11.8 Å². The second kappa shape index (κ2) is 10.9. The van der Waals surface area contributed by atoms with E-state index in [2.05, 4.69) is 36.4 Å². The normalized spacial score (nSPS) is 17.6. The number of likely N-dealkylation sites (tertiary alicyclic amines) is 1. The van der Waals surface area contributed by atoms with Gasteiger partial charge >= 0.3 is 0 Å². The van der Waals surface area contributed by atoms with Crippen LogP contribution in [-0.2, 0) is 4.74 Å². The molecule has 0 aliphatic carbocycles. The second-order valence-electron chi connectivity index (χ2n) is 6.12. The van der Waals surface area contributed by atoms with E-state index in [0.29, 0.717) is 11.4 Å². The van der Waals surface area contributed by atoms with Crippen molar-refractivity contribution in [3.05, 3.63) is 34.9 Å². The summed E-state index contributed by atoms with van der Waals surface area (Å²) in [7, 11) is 0. The molecule has 0 spiro atoms. The summed E-state index contributed by atoms with van der Waals surface area (Å²) in [6.07, 6.45) is 4.66. The Hall–Kier alpha value is -0.910. The van der Waals surface area contributed by atoms with Gasteiger partial charge in [-0.1, -0.05) is 23.7 Å². The molecule has 1 aliphatic heterocycles. The van der Waals surface area contributed by atoms with E-state index in [1.165, 1.54) is 5.56 Å². The van der Waals surface area contributed by atoms with Crippen molar-refractivity contribution in [3.8, 4) is 0 Å². The van der Waals surface area contributed by atoms with Gasteiger partial charge < -0.3 is 15.0 Å². The highest BCUT2D eigenvalue weighted by Crippen LogP contribution is 2.28. The number of piperidine rings is 1. The Morgan fingerprint density at radius 1 is 1.40 bits per heavy atom. The van der Waals surface area contributed by atoms with E-state index < -0.39 is 0 Å². The standard InChI is InChI=1S/C19H30ClN3OS/c1-4-21-19(23-11-9-17(10-12-23)24-5-2)22-14-18(25-3)15-7-6-8-16(20)13-15/h6-8,13,17-18H,4-5,9-12,14H2,1-3H3,(H,21,22). The summed E-state index contributed by atoms with van der Waals surface area (Å²) in [5.74, 6) is 1.01. The molecule has 1 heterocycles. The molecule has 1 aromatic rings. The summed E-state index contributed by atoms with van der Waals surface area (Å²) in [6.45, 7) is 8.60. The van der Waals surface area contributed by atoms with Gasteiger partial charge in [0.15, 0.2) is 5.96 Å². The van der Waals surface area contributed by atoms with E-state index in [-0.39, 0.29) is 0 Å². The van der Waals surface area contributed by atoms with Crippen LogP contribution in [0.15, 0.2) is 29.3 Å². The molecule has 1 N–H and O–H groups in total. The number of thioether (sulfide) groups is 1. The lowest BCUT2D eigenvalue weighted by atomic mass is 10.1. The first kappa shape index (κ1) is 20.4. The van der Waals surface area contributed by atoms with Gasteiger partial charge in [-0.15, -0.1) is 0 Å². The number of aliphatic imine (C=N–C) groups is 1. The van der Waals surface area contributed by atoms with Crippen LogP contribution in [0, 0.1) is 0 Å². The number of benzene rings is 1. The van der Waals surface area contributed by atoms with Gasteiger partial charge in [0.05, 0.1) is 12.6 Å². The maximum absolute atomic E-state index is 6.14. The maximum Gasteiger partial charge on any atom is 0.193 e. The predicted molar refractivity (Wildman–Crippen MR) is 110 cm³/mol. The monoisotopic (exact) mass is 383 g/mol. The third kappa shape index (κ3) is 6.39. The highest BCUT2D eigenvalue weighted by molar-refractivity contribution is 7.98. The molecule has 1 saturated heterocycles. The van der Waals surface area contributed by atoms with Gasteiger partial charge in [0, 0.05) is 36.5 Å². The summed E-state index contributed by atoms with van der Waals surface area (Å²) in [5, 5.41) is 4.54. The van der Waals surface area contributed by atoms with Crippen LogP contribution in [0.1, 0.15) is 37.5 Å². The molecule has 4 nitrogen and oxygen atoms in total. The molecule has 1 unspecified atom stereocenters. The number of guanidine groups is 1. The fourth-order valence-corrected chi connectivity index (χ4v) is 3.93. The van der Waals surface area contributed by atoms with Crippen molar-refractivity contribution in [2.45, 2.75) is 38.0 Å². The van der Waals surface area contributed by atoms with Crippen LogP contribution in [-0.4, -0.2) is 56.0 Å². The lowest BCUT2D eigenvalue weighted by Gasteiger charge is -2.34. The summed E-state index contributed by atoms with van der Waals surface area (Å²) in [6, 6.07) is 8.09. The molecular weight excluding hydrogens is 354 g/mol. The van der Waals surface area contributed by atoms with Crippen molar-refractivity contribution in [1.29, 1.82) is 0 Å². The lowest BCUT2D eigenvalue weighted by Crippen LogP contribution is -2.47. The number of nitrogens with zero attached hydrogens (tertiary/aromatic N) is 2. The maximum atomic E-state index is 6.14. The predicted octanol–water partition coefficient (Wildman–Crippen LogP) is 4.21. The third-order valence-corrected chi connectivity index (χ3v) is 5.62. The van der Waals surface area contributed by atoms with Gasteiger partial charge in [-0.05, 0) is 50.6 Å². The Morgan fingerprint density at radius 2 is 2.16 bits per heavy atom. The van der Waals surface area contributed by atoms with E-state index in [1.807, 2.05) is 30.0 Å². The summed E-state index contributed by atoms with van der Waals surface area (Å²) < 4.78 is 5.75. The fourth-order valence-electron chi connectivity index (χ4n) is 3.09. The van der Waals surface area contributed by atoms with E-state index in [0.717, 1.165) is 56.6 Å². The molecule has 1 aromatic carbocycles. The Labute approximate surface area is 161 Å². The van der Waals surface area contributed by atoms with Gasteiger partial charge in [0.1, 0.15) is 0 Å². The van der Waals surface area contributed by atoms with Crippen molar-refractivity contribution in [2.75, 3.05) is 39.0 Å². The Bertz CT molecular complexity index is 547. The van der Waals surface area contributed by atoms with Crippen molar-refractivity contribution < 1.29 is 4.74 Å². The molecule has 0 amide bonds. The number of hydrogen-bond donors (Lipinski definition) is 1. The van der Waals surface area contributed by atoms with Gasteiger partial charge in [0.2, 0.25) is 0 Å². The molecule has 1 fully saturated rings. The zero-order valence-corrected chi connectivity index (χ0v) is 17.1. The molecule has 1 aliphatic rings. The number of nitrogens with one attached hydrogen (secondary N) is 1. The Balaban J connectivity index is 2.01. The van der Waals surface area contributed by atoms with Crippen LogP contribution in [0.4, 0.5) is 0 Å². The summed E-state index contributed by atoms with van der Waals surface area (Å²) >= 11 is 7.96. The first-order chi connectivity index (χ1) is 12.2. The first-order valence-corrected chi connectivity index (χ1v) is 10.8. The van der Waals surface area contributed by atoms with Gasteiger partial charge in [-0.3, -0.25) is 4.99 Å². The SMILES string of the molecule is CCNC(=NCC(SC)c1cccc(Cl)c1)N1CCC(OCC)CC1. The molecule has 1 atom stereocenters. The van der Waals surface area contributed by atoms with Crippen LogP contribution in [0.25, 0.3) is 0 Å². The van der Waals surface area contributed by atoms with Crippen LogP contribution < -0.4 is 5.32 Å². The topological polar surface area (TPSA) is 36.9 Å². The molecule has 0 saturated carbocycles. The molecule has 6 heteroatoms. The average Bonchev–Trinajstić information content (AvgIpc) is 2.62. The molecule has 140 valence electrons. The largest absolute Gasteiger partial charge is 0.378 e. The van der Waals surface area contributed by atoms with Crippen molar-refractivity contribution in [1.82, 2.24) is 10.2 Å². The minimum absolute atomic E-state index is 0.313. The van der Waals surface area contributed by atoms with Crippen molar-refractivity contribution in [2.24, 2.45) is 4.99 Å². The lowest BCUT2D eigenvalue weighted by molar-refractivity contribution is 0.0264. The second-order valence-corrected chi connectivity index (χ2v) is 7.59. The quantitative estimate of drug-likeness (QED) is 0.565. The Morgan fingerprint density at radius 3 is 2.76 bits per heavy atom. The van der Waals surface area contributed by atoms with Gasteiger partial charge in [0.25, 0.3) is 0 Å². The highest BCUT2D eigenvalue weighted by atomic mass is 35.5. The first-order valence-electron chi connectivity index (χ1n) is 9.11. The van der Waals surface area contributed by atoms with Crippen molar-refractivity contribution >= 4 is 29.3 Å². The molecular formula is C19H30ClN3OS. The molecule has 0 bridgehead atoms. The van der Waals surface area contributed by atoms with E-state index in [9.17, 15) is 0 Å². The Kier molecular flexibility index (Phi) is 8.93. The third-order valence-electron chi connectivity index (χ3n) is 4.39. The zero-order chi connectivity index (χ0) is 18.1. The number of rotatable bonds is 7. The minimum atomic E-state index is 0.313. The van der Waals surface area contributed by atoms with Crippen LogP contribution in [0.5, 0.6) is 0 Å². The molecule has 0 aromatic heterocycles. The summed E-state index contributed by atoms with van der Waals surface area (Å²) in [4.78, 5) is 7.27. The zero-order valence-electron chi connectivity index (χ0n) is 15.5. The van der Waals surface area contributed by atoms with E-state index in [4.69, 9.17) is 21.3 Å². The average molecular weight is 384 g/mol. The number of hydrogen-bond acceptors (Lipinski definition) is 3. The van der Waals surface area contributed by atoms with E-state index >= 15 is 0 Å². The van der Waals surface area contributed by atoms with Crippen LogP contribution >= 0.6 is 23.4 Å². The summed E-state index contributed by atoms with van der Waals surface area (Å²) in [5.41, 5.74) is 1.23. The highest BCUT2D eigenvalue weighted by Gasteiger charge is 2.22. The molecule has 0 radical (unpaired) electrons. The minimum Gasteiger partial charge on any atom is -0.378 e. The van der Waals surface area contributed by atoms with Gasteiger partial charge in [-0.25, -0.2) is 0 Å². The van der Waals surface area contributed by atoms with Crippen LogP contribution in [0.2, 0.25) is 5.02 Å². The number of ether oxygens (including phenoxy) is 1. The molecule has 25 heavy (non-hydrogen) atoms. The van der Waals surface area contributed by atoms with Crippen molar-refractivity contribution in [3.63, 3.8) is 0 Å². The smallest absolute Gasteiger partial charge is 0.193 e. The van der Waals surface area contributed by atoms with E-state index in [1.54, 1.807) is 0 Å². The molecule has 2 rings (SSSR count). The number of halogens is 1. The fraction of sp³-hybridized carbons (Fsp3) is 0.632. The van der Waals surface area contributed by atoms with Crippen LogP contribution in [0.3, 0.4) is 0 Å².